The van der Waals surface area contributed by atoms with Crippen molar-refractivity contribution >= 4 is 21.6 Å². The zero-order valence-electron chi connectivity index (χ0n) is 15.5. The van der Waals surface area contributed by atoms with Gasteiger partial charge in [-0.15, -0.1) is 0 Å². The van der Waals surface area contributed by atoms with E-state index in [0.717, 1.165) is 5.56 Å². The number of anilines is 1. The van der Waals surface area contributed by atoms with E-state index >= 15 is 0 Å². The predicted molar refractivity (Wildman–Crippen MR) is 105 cm³/mol. The lowest BCUT2D eigenvalue weighted by Gasteiger charge is -2.26. The van der Waals surface area contributed by atoms with E-state index in [0.29, 0.717) is 12.2 Å². The molecule has 0 fully saturated rings. The van der Waals surface area contributed by atoms with E-state index in [2.05, 4.69) is 0 Å². The van der Waals surface area contributed by atoms with E-state index in [9.17, 15) is 13.2 Å². The second-order valence-electron chi connectivity index (χ2n) is 6.04. The minimum Gasteiger partial charge on any atom is -0.330 e. The van der Waals surface area contributed by atoms with Gasteiger partial charge in [0.25, 0.3) is 10.0 Å². The molecule has 0 unspecified atom stereocenters. The first-order valence-electron chi connectivity index (χ1n) is 8.69. The minimum absolute atomic E-state index is 0.00104. The maximum atomic E-state index is 13.1. The van der Waals surface area contributed by atoms with Crippen LogP contribution in [-0.4, -0.2) is 38.9 Å². The predicted octanol–water partition coefficient (Wildman–Crippen LogP) is 2.95. The van der Waals surface area contributed by atoms with Crippen LogP contribution in [0, 0.1) is 18.3 Å². The van der Waals surface area contributed by atoms with Crippen molar-refractivity contribution in [2.24, 2.45) is 0 Å². The Morgan fingerprint density at radius 2 is 1.70 bits per heavy atom. The van der Waals surface area contributed by atoms with Gasteiger partial charge in [-0.3, -0.25) is 9.10 Å². The molecule has 0 spiro atoms. The molecule has 2 rings (SSSR count). The summed E-state index contributed by atoms with van der Waals surface area (Å²) in [6.07, 6.45) is -0.00450. The Hall–Kier alpha value is -2.85. The Morgan fingerprint density at radius 3 is 2.26 bits per heavy atom. The molecule has 0 bridgehead atoms. The summed E-state index contributed by atoms with van der Waals surface area (Å²) in [5, 5.41) is 8.83. The molecule has 0 aliphatic carbocycles. The Bertz CT molecular complexity index is 904. The number of carbonyl (C=O) groups is 1. The minimum atomic E-state index is -3.81. The topological polar surface area (TPSA) is 81.5 Å². The fourth-order valence-electron chi connectivity index (χ4n) is 2.64. The molecule has 2 aromatic rings. The first kappa shape index (κ1) is 20.5. The number of nitriles is 1. The summed E-state index contributed by atoms with van der Waals surface area (Å²) in [5.74, 6) is -0.251. The van der Waals surface area contributed by atoms with Crippen molar-refractivity contribution < 1.29 is 13.2 Å². The Kier molecular flexibility index (Phi) is 6.97. The molecule has 0 saturated carbocycles. The lowest BCUT2D eigenvalue weighted by Crippen LogP contribution is -2.37. The smallest absolute Gasteiger partial charge is 0.264 e. The molecule has 27 heavy (non-hydrogen) atoms. The molecule has 0 saturated heterocycles. The lowest BCUT2D eigenvalue weighted by molar-refractivity contribution is -0.130. The molecule has 0 N–H and O–H groups in total. The van der Waals surface area contributed by atoms with E-state index in [1.54, 1.807) is 37.3 Å². The largest absolute Gasteiger partial charge is 0.330 e. The van der Waals surface area contributed by atoms with Crippen LogP contribution in [0.5, 0.6) is 0 Å². The number of amides is 1. The van der Waals surface area contributed by atoms with Crippen molar-refractivity contribution in [2.45, 2.75) is 25.2 Å². The van der Waals surface area contributed by atoms with Crippen molar-refractivity contribution in [3.8, 4) is 6.07 Å². The maximum Gasteiger partial charge on any atom is 0.264 e. The Morgan fingerprint density at radius 1 is 1.07 bits per heavy atom. The number of sulfonamides is 1. The number of aryl methyl sites for hydroxylation is 1. The zero-order valence-corrected chi connectivity index (χ0v) is 16.3. The molecule has 0 aliphatic rings. The highest BCUT2D eigenvalue weighted by molar-refractivity contribution is 7.92. The van der Waals surface area contributed by atoms with Crippen molar-refractivity contribution in [3.63, 3.8) is 0 Å². The highest BCUT2D eigenvalue weighted by Gasteiger charge is 2.26. The summed E-state index contributed by atoms with van der Waals surface area (Å²) >= 11 is 0. The standard InChI is InChI=1S/C20H23N3O3S/c1-3-22(16-14-21)20(24)13-15-23(18-11-9-17(2)10-12-18)27(25,26)19-7-5-4-6-8-19/h4-12H,3,13,15-16H2,1-2H3. The maximum absolute atomic E-state index is 13.1. The second-order valence-corrected chi connectivity index (χ2v) is 7.90. The van der Waals surface area contributed by atoms with E-state index in [4.69, 9.17) is 5.26 Å². The van der Waals surface area contributed by atoms with Crippen LogP contribution in [0.25, 0.3) is 0 Å². The second kappa shape index (κ2) is 9.19. The van der Waals surface area contributed by atoms with Crippen molar-refractivity contribution in [3.05, 3.63) is 60.2 Å². The molecule has 6 nitrogen and oxygen atoms in total. The van der Waals surface area contributed by atoms with Crippen LogP contribution < -0.4 is 4.31 Å². The van der Waals surface area contributed by atoms with Gasteiger partial charge in [-0.2, -0.15) is 5.26 Å². The third kappa shape index (κ3) is 5.08. The molecular weight excluding hydrogens is 362 g/mol. The number of benzene rings is 2. The number of hydrogen-bond acceptors (Lipinski definition) is 4. The molecular formula is C20H23N3O3S. The van der Waals surface area contributed by atoms with Gasteiger partial charge in [-0.25, -0.2) is 8.42 Å². The van der Waals surface area contributed by atoms with Crippen LogP contribution in [0.4, 0.5) is 5.69 Å². The normalized spacial score (nSPS) is 10.9. The monoisotopic (exact) mass is 385 g/mol. The van der Waals surface area contributed by atoms with Gasteiger partial charge in [0, 0.05) is 19.5 Å². The highest BCUT2D eigenvalue weighted by atomic mass is 32.2. The van der Waals surface area contributed by atoms with Crippen LogP contribution >= 0.6 is 0 Å². The highest BCUT2D eigenvalue weighted by Crippen LogP contribution is 2.24. The van der Waals surface area contributed by atoms with Gasteiger partial charge in [0.1, 0.15) is 6.54 Å². The number of rotatable bonds is 8. The first-order chi connectivity index (χ1) is 12.9. The van der Waals surface area contributed by atoms with Gasteiger partial charge in [-0.05, 0) is 38.1 Å². The fourth-order valence-corrected chi connectivity index (χ4v) is 4.12. The quantitative estimate of drug-likeness (QED) is 0.654. The average Bonchev–Trinajstić information content (AvgIpc) is 2.68. The van der Waals surface area contributed by atoms with Crippen LogP contribution in [0.3, 0.4) is 0 Å². The summed E-state index contributed by atoms with van der Waals surface area (Å²) in [5.41, 5.74) is 1.51. The van der Waals surface area contributed by atoms with Crippen molar-refractivity contribution in [2.75, 3.05) is 23.9 Å². The summed E-state index contributed by atoms with van der Waals surface area (Å²) in [6, 6.07) is 17.2. The Labute approximate surface area is 160 Å². The molecule has 142 valence electrons. The van der Waals surface area contributed by atoms with Gasteiger partial charge in [-0.1, -0.05) is 35.9 Å². The molecule has 2 aromatic carbocycles. The van der Waals surface area contributed by atoms with Gasteiger partial charge in [0.05, 0.1) is 16.7 Å². The fraction of sp³-hybridized carbons (Fsp3) is 0.300. The number of nitrogens with zero attached hydrogens (tertiary/aromatic N) is 3. The van der Waals surface area contributed by atoms with Gasteiger partial charge < -0.3 is 4.90 Å². The summed E-state index contributed by atoms with van der Waals surface area (Å²) < 4.78 is 27.5. The molecule has 0 aromatic heterocycles. The van der Waals surface area contributed by atoms with Gasteiger partial charge in [0.15, 0.2) is 0 Å². The molecule has 1 amide bonds. The lowest BCUT2D eigenvalue weighted by atomic mass is 10.2. The summed E-state index contributed by atoms with van der Waals surface area (Å²) in [4.78, 5) is 13.9. The first-order valence-corrected chi connectivity index (χ1v) is 10.1. The molecule has 0 aliphatic heterocycles. The zero-order chi connectivity index (χ0) is 19.9. The van der Waals surface area contributed by atoms with E-state index in [1.165, 1.54) is 21.3 Å². The molecule has 0 heterocycles. The van der Waals surface area contributed by atoms with Crippen molar-refractivity contribution in [1.29, 1.82) is 5.26 Å². The average molecular weight is 385 g/mol. The number of hydrogen-bond donors (Lipinski definition) is 0. The summed E-state index contributed by atoms with van der Waals surface area (Å²) in [7, 11) is -3.81. The molecule has 0 radical (unpaired) electrons. The Balaban J connectivity index is 2.32. The van der Waals surface area contributed by atoms with Crippen LogP contribution in [0.2, 0.25) is 0 Å². The van der Waals surface area contributed by atoms with Gasteiger partial charge in [0.2, 0.25) is 5.91 Å². The van der Waals surface area contributed by atoms with Crippen LogP contribution in [0.15, 0.2) is 59.5 Å². The van der Waals surface area contributed by atoms with E-state index in [1.807, 2.05) is 25.1 Å². The molecule has 7 heteroatoms. The van der Waals surface area contributed by atoms with Crippen LogP contribution in [0.1, 0.15) is 18.9 Å². The van der Waals surface area contributed by atoms with Crippen molar-refractivity contribution in [1.82, 2.24) is 4.90 Å². The SMILES string of the molecule is CCN(CC#N)C(=O)CCN(c1ccc(C)cc1)S(=O)(=O)c1ccccc1. The van der Waals surface area contributed by atoms with Gasteiger partial charge >= 0.3 is 0 Å². The number of carbonyl (C=O) groups excluding carboxylic acids is 1. The molecule has 0 atom stereocenters. The summed E-state index contributed by atoms with van der Waals surface area (Å²) in [6.45, 7) is 4.10. The van der Waals surface area contributed by atoms with Crippen LogP contribution in [-0.2, 0) is 14.8 Å². The van der Waals surface area contributed by atoms with E-state index in [-0.39, 0.29) is 30.3 Å². The third-order valence-corrected chi connectivity index (χ3v) is 6.02. The van der Waals surface area contributed by atoms with E-state index < -0.39 is 10.0 Å². The third-order valence-electron chi connectivity index (χ3n) is 4.18.